The molecular formula is C40H62O6Si. The highest BCUT2D eigenvalue weighted by atomic mass is 28.4. The van der Waals surface area contributed by atoms with E-state index < -0.39 is 48.0 Å². The molecule has 7 heteroatoms. The molecule has 0 aromatic carbocycles. The van der Waals surface area contributed by atoms with E-state index in [4.69, 9.17) is 9.16 Å². The number of allylic oxidation sites excluding steroid dienone is 9. The Labute approximate surface area is 286 Å². The van der Waals surface area contributed by atoms with E-state index in [9.17, 15) is 9.59 Å². The molecule has 0 radical (unpaired) electrons. The summed E-state index contributed by atoms with van der Waals surface area (Å²) in [7, 11) is -2.16. The molecule has 0 N–H and O–H groups in total. The van der Waals surface area contributed by atoms with Crippen LogP contribution in [-0.2, 0) is 28.3 Å². The van der Waals surface area contributed by atoms with Crippen molar-refractivity contribution < 1.29 is 28.3 Å². The number of fused-ring (bicyclic) bond motifs is 2. The predicted molar refractivity (Wildman–Crippen MR) is 194 cm³/mol. The Morgan fingerprint density at radius 1 is 0.915 bits per heavy atom. The van der Waals surface area contributed by atoms with Crippen LogP contribution in [-0.4, -0.2) is 38.2 Å². The van der Waals surface area contributed by atoms with E-state index in [0.717, 1.165) is 22.3 Å². The maximum atomic E-state index is 15.5. The van der Waals surface area contributed by atoms with Crippen LogP contribution in [0.15, 0.2) is 57.9 Å². The van der Waals surface area contributed by atoms with Gasteiger partial charge in [0.25, 0.3) is 0 Å². The van der Waals surface area contributed by atoms with Gasteiger partial charge in [-0.2, -0.15) is 0 Å². The van der Waals surface area contributed by atoms with Gasteiger partial charge < -0.3 is 9.16 Å². The highest BCUT2D eigenvalue weighted by Gasteiger charge is 2.75. The Bertz CT molecular complexity index is 1420. The van der Waals surface area contributed by atoms with Crippen LogP contribution < -0.4 is 0 Å². The Balaban J connectivity index is 3.21. The minimum Gasteiger partial charge on any atom is -0.430 e. The summed E-state index contributed by atoms with van der Waals surface area (Å²) in [5.41, 5.74) is -0.338. The molecule has 0 spiro atoms. The fraction of sp³-hybridized carbons (Fsp3) is 0.650. The molecule has 0 saturated heterocycles. The monoisotopic (exact) mass is 666 g/mol. The van der Waals surface area contributed by atoms with E-state index >= 15 is 9.59 Å². The van der Waals surface area contributed by atoms with Crippen molar-refractivity contribution in [1.82, 2.24) is 0 Å². The van der Waals surface area contributed by atoms with E-state index in [-0.39, 0.29) is 41.4 Å². The summed E-state index contributed by atoms with van der Waals surface area (Å²) < 4.78 is 12.6. The summed E-state index contributed by atoms with van der Waals surface area (Å²) in [6, 6.07) is 0. The number of ether oxygens (including phenoxy) is 1. The fourth-order valence-electron chi connectivity index (χ4n) is 6.83. The number of carbonyl (C=O) groups excluding carboxylic acids is 4. The zero-order valence-corrected chi connectivity index (χ0v) is 33.1. The second kappa shape index (κ2) is 14.9. The lowest BCUT2D eigenvalue weighted by Gasteiger charge is -2.59. The van der Waals surface area contributed by atoms with Crippen LogP contribution in [0.2, 0.25) is 18.1 Å². The topological polar surface area (TPSA) is 86.7 Å². The summed E-state index contributed by atoms with van der Waals surface area (Å²) >= 11 is 0. The van der Waals surface area contributed by atoms with Gasteiger partial charge in [-0.05, 0) is 91.8 Å². The third kappa shape index (κ3) is 7.82. The van der Waals surface area contributed by atoms with E-state index in [1.165, 1.54) is 6.92 Å². The number of rotatable bonds is 13. The minimum absolute atomic E-state index is 0.0160. The van der Waals surface area contributed by atoms with E-state index in [1.54, 1.807) is 13.8 Å². The highest BCUT2D eigenvalue weighted by Crippen LogP contribution is 2.67. The molecule has 3 atom stereocenters. The van der Waals surface area contributed by atoms with E-state index in [1.807, 2.05) is 66.7 Å². The summed E-state index contributed by atoms with van der Waals surface area (Å²) in [5.74, 6) is -2.43. The fourth-order valence-corrected chi connectivity index (χ4v) is 7.76. The van der Waals surface area contributed by atoms with Crippen LogP contribution in [0.1, 0.15) is 122 Å². The summed E-state index contributed by atoms with van der Waals surface area (Å²) in [5, 5.41) is -0.0160. The molecule has 2 rings (SSSR count). The molecule has 2 aliphatic rings. The van der Waals surface area contributed by atoms with Crippen molar-refractivity contribution in [3.05, 3.63) is 57.9 Å². The molecule has 1 fully saturated rings. The molecule has 262 valence electrons. The Hall–Kier alpha value is -2.64. The van der Waals surface area contributed by atoms with Crippen molar-refractivity contribution in [1.29, 1.82) is 0 Å². The zero-order chi connectivity index (χ0) is 36.3. The molecule has 0 aliphatic heterocycles. The molecule has 0 aromatic heterocycles. The normalized spacial score (nSPS) is 25.6. The maximum absolute atomic E-state index is 15.5. The lowest BCUT2D eigenvalue weighted by molar-refractivity contribution is -0.169. The van der Waals surface area contributed by atoms with Gasteiger partial charge in [0.1, 0.15) is 5.76 Å². The van der Waals surface area contributed by atoms with Crippen molar-refractivity contribution in [3.63, 3.8) is 0 Å². The first-order chi connectivity index (χ1) is 21.4. The van der Waals surface area contributed by atoms with Crippen molar-refractivity contribution >= 4 is 31.6 Å². The maximum Gasteiger partial charge on any atom is 0.307 e. The van der Waals surface area contributed by atoms with Gasteiger partial charge in [0.15, 0.2) is 31.1 Å². The van der Waals surface area contributed by atoms with Gasteiger partial charge in [-0.1, -0.05) is 88.1 Å². The SMILES string of the molecule is CC(=O)OC1=C(CC=C(C)C)C(=O)[C@]2(C(=O)C(C)C)C(=O)[C@@]1(CC=C(C)C)C/C(=C\CO[Si](C)(C)C(C)(C)C)C2(C)CCC=C(C)C. The van der Waals surface area contributed by atoms with Crippen molar-refractivity contribution in [2.75, 3.05) is 6.61 Å². The smallest absolute Gasteiger partial charge is 0.307 e. The van der Waals surface area contributed by atoms with Crippen LogP contribution in [0.5, 0.6) is 0 Å². The van der Waals surface area contributed by atoms with Gasteiger partial charge in [-0.25, -0.2) is 0 Å². The van der Waals surface area contributed by atoms with Gasteiger partial charge in [0.05, 0.1) is 12.0 Å². The number of esters is 1. The van der Waals surface area contributed by atoms with Gasteiger partial charge in [-0.15, -0.1) is 0 Å². The molecule has 1 unspecified atom stereocenters. The van der Waals surface area contributed by atoms with Crippen molar-refractivity contribution in [2.45, 2.75) is 140 Å². The third-order valence-electron chi connectivity index (χ3n) is 10.6. The Kier molecular flexibility index (Phi) is 12.8. The minimum atomic E-state index is -2.16. The number of hydrogen-bond acceptors (Lipinski definition) is 6. The first-order valence-corrected chi connectivity index (χ1v) is 20.1. The first kappa shape index (κ1) is 40.5. The second-order valence-electron chi connectivity index (χ2n) is 16.5. The highest BCUT2D eigenvalue weighted by molar-refractivity contribution is 6.74. The van der Waals surface area contributed by atoms with Crippen LogP contribution in [0.3, 0.4) is 0 Å². The Morgan fingerprint density at radius 3 is 1.94 bits per heavy atom. The van der Waals surface area contributed by atoms with E-state index in [0.29, 0.717) is 19.4 Å². The molecule has 2 aliphatic carbocycles. The number of ketones is 3. The van der Waals surface area contributed by atoms with Gasteiger partial charge in [-0.3, -0.25) is 19.2 Å². The standard InChI is InChI=1S/C40H62O6Si/c1-26(2)17-16-22-38(13)31(21-24-45-47(14,15)37(10,11)12)25-39(23-20-28(5)6)35(46-30(9)41)32(19-18-27(3)4)34(43)40(38,36(39)44)33(42)29(7)8/h17-18,20-21,29H,16,19,22-25H2,1-15H3/b31-21+/t38?,39-,40+/m0/s1. The zero-order valence-electron chi connectivity index (χ0n) is 32.1. The van der Waals surface area contributed by atoms with Crippen molar-refractivity contribution in [2.24, 2.45) is 22.2 Å². The second-order valence-corrected chi connectivity index (χ2v) is 21.3. The van der Waals surface area contributed by atoms with Crippen molar-refractivity contribution in [3.8, 4) is 0 Å². The predicted octanol–water partition coefficient (Wildman–Crippen LogP) is 9.97. The van der Waals surface area contributed by atoms with Gasteiger partial charge >= 0.3 is 5.97 Å². The third-order valence-corrected chi connectivity index (χ3v) is 15.1. The summed E-state index contributed by atoms with van der Waals surface area (Å²) in [4.78, 5) is 58.5. The molecule has 0 heterocycles. The summed E-state index contributed by atoms with van der Waals surface area (Å²) in [6.07, 6.45) is 9.64. The molecule has 47 heavy (non-hydrogen) atoms. The number of Topliss-reactive ketones (excluding diaryl/α,β-unsaturated/α-hetero) is 3. The summed E-state index contributed by atoms with van der Waals surface area (Å²) in [6.45, 7) is 29.9. The average molecular weight is 667 g/mol. The van der Waals surface area contributed by atoms with Gasteiger partial charge in [0, 0.05) is 23.8 Å². The molecule has 2 bridgehead atoms. The first-order valence-electron chi connectivity index (χ1n) is 17.2. The van der Waals surface area contributed by atoms with Crippen LogP contribution in [0.25, 0.3) is 0 Å². The number of hydrogen-bond donors (Lipinski definition) is 0. The molecule has 0 amide bonds. The van der Waals surface area contributed by atoms with Crippen LogP contribution in [0.4, 0.5) is 0 Å². The largest absolute Gasteiger partial charge is 0.430 e. The average Bonchev–Trinajstić information content (AvgIpc) is 2.91. The number of carbonyl (C=O) groups is 4. The van der Waals surface area contributed by atoms with Crippen LogP contribution in [0, 0.1) is 22.2 Å². The van der Waals surface area contributed by atoms with Gasteiger partial charge in [0.2, 0.25) is 0 Å². The molecule has 6 nitrogen and oxygen atoms in total. The molecule has 1 saturated carbocycles. The van der Waals surface area contributed by atoms with Crippen LogP contribution >= 0.6 is 0 Å². The quantitative estimate of drug-likeness (QED) is 0.0842. The Morgan fingerprint density at radius 2 is 1.47 bits per heavy atom. The lowest BCUT2D eigenvalue weighted by Crippen LogP contribution is -2.69. The molecular weight excluding hydrogens is 605 g/mol. The lowest BCUT2D eigenvalue weighted by atomic mass is 9.39. The molecule has 0 aromatic rings. The van der Waals surface area contributed by atoms with E-state index in [2.05, 4.69) is 39.9 Å².